The summed E-state index contributed by atoms with van der Waals surface area (Å²) in [5.41, 5.74) is 5.44. The number of nitrogens with zero attached hydrogens (tertiary/aromatic N) is 3. The van der Waals surface area contributed by atoms with Gasteiger partial charge >= 0.3 is 0 Å². The molecule has 0 aromatic heterocycles. The molecule has 0 aliphatic carbocycles. The van der Waals surface area contributed by atoms with E-state index in [1.165, 1.54) is 10.6 Å². The Morgan fingerprint density at radius 1 is 1.03 bits per heavy atom. The van der Waals surface area contributed by atoms with Crippen LogP contribution < -0.4 is 14.5 Å². The molecule has 0 N–H and O–H groups in total. The fraction of sp³-hybridized carbons (Fsp3) is 0.423. The molecule has 1 atom stereocenters. The number of anilines is 1. The number of aryl methyl sites for hydroxylation is 2. The van der Waals surface area contributed by atoms with Crippen molar-refractivity contribution in [2.75, 3.05) is 24.8 Å². The van der Waals surface area contributed by atoms with Gasteiger partial charge in [0.1, 0.15) is 5.71 Å². The van der Waals surface area contributed by atoms with E-state index in [9.17, 15) is 9.59 Å². The number of hydrogen-bond donors (Lipinski definition) is 0. The number of hydrogen-bond acceptors (Lipinski definition) is 5. The van der Waals surface area contributed by atoms with Gasteiger partial charge in [0, 0.05) is 25.8 Å². The minimum absolute atomic E-state index is 0.0860. The summed E-state index contributed by atoms with van der Waals surface area (Å²) in [6.07, 6.45) is 2.23. The van der Waals surface area contributed by atoms with Gasteiger partial charge in [0.15, 0.2) is 11.5 Å². The Bertz CT molecular complexity index is 1160. The van der Waals surface area contributed by atoms with Gasteiger partial charge in [-0.2, -0.15) is 5.10 Å². The molecule has 7 heteroatoms. The van der Waals surface area contributed by atoms with Crippen molar-refractivity contribution in [1.29, 1.82) is 0 Å². The van der Waals surface area contributed by atoms with Crippen molar-refractivity contribution >= 4 is 23.2 Å². The predicted octanol–water partition coefficient (Wildman–Crippen LogP) is 4.09. The van der Waals surface area contributed by atoms with Crippen LogP contribution in [0, 0.1) is 13.8 Å². The van der Waals surface area contributed by atoms with Crippen molar-refractivity contribution in [2.45, 2.75) is 52.5 Å². The fourth-order valence-corrected chi connectivity index (χ4v) is 4.76. The molecule has 0 fully saturated rings. The third-order valence-corrected chi connectivity index (χ3v) is 6.68. The highest BCUT2D eigenvalue weighted by Crippen LogP contribution is 2.39. The van der Waals surface area contributed by atoms with Crippen molar-refractivity contribution in [3.05, 3.63) is 52.6 Å². The van der Waals surface area contributed by atoms with Gasteiger partial charge in [0.25, 0.3) is 5.91 Å². The Hall–Kier alpha value is -3.35. The Kier molecular flexibility index (Phi) is 5.56. The number of carbonyl (C=O) groups is 2. The second-order valence-electron chi connectivity index (χ2n) is 9.01. The first-order valence-corrected chi connectivity index (χ1v) is 11.6. The number of benzene rings is 2. The molecule has 7 nitrogen and oxygen atoms in total. The lowest BCUT2D eigenvalue weighted by Gasteiger charge is -2.36. The molecule has 3 heterocycles. The van der Waals surface area contributed by atoms with Gasteiger partial charge < -0.3 is 14.4 Å². The van der Waals surface area contributed by atoms with E-state index < -0.39 is 0 Å². The molecule has 0 bridgehead atoms. The van der Waals surface area contributed by atoms with Crippen LogP contribution in [0.4, 0.5) is 5.69 Å². The number of fused-ring (bicyclic) bond motifs is 2. The van der Waals surface area contributed by atoms with Gasteiger partial charge in [-0.15, -0.1) is 0 Å². The maximum absolute atomic E-state index is 13.6. The molecular weight excluding hydrogens is 418 g/mol. The summed E-state index contributed by atoms with van der Waals surface area (Å²) in [5, 5.41) is 5.96. The molecule has 33 heavy (non-hydrogen) atoms. The number of hydrazone groups is 1. The fourth-order valence-electron chi connectivity index (χ4n) is 4.76. The van der Waals surface area contributed by atoms with Crippen molar-refractivity contribution in [1.82, 2.24) is 4.90 Å². The summed E-state index contributed by atoms with van der Waals surface area (Å²) in [4.78, 5) is 28.1. The topological polar surface area (TPSA) is 71.4 Å². The van der Waals surface area contributed by atoms with Crippen molar-refractivity contribution in [3.63, 3.8) is 0 Å². The van der Waals surface area contributed by atoms with Crippen LogP contribution in [0.5, 0.6) is 11.5 Å². The number of ether oxygens (including phenoxy) is 2. The number of carbonyl (C=O) groups excluding carboxylic acids is 2. The van der Waals surface area contributed by atoms with E-state index >= 15 is 0 Å². The second-order valence-corrected chi connectivity index (χ2v) is 9.01. The smallest absolute Gasteiger partial charge is 0.270 e. The number of rotatable bonds is 2. The van der Waals surface area contributed by atoms with E-state index in [1.54, 1.807) is 0 Å². The van der Waals surface area contributed by atoms with E-state index in [4.69, 9.17) is 9.47 Å². The molecule has 5 rings (SSSR count). The highest BCUT2D eigenvalue weighted by Gasteiger charge is 2.34. The van der Waals surface area contributed by atoms with Gasteiger partial charge in [0.05, 0.1) is 24.9 Å². The molecule has 2 amide bonds. The van der Waals surface area contributed by atoms with Crippen molar-refractivity contribution < 1.29 is 19.1 Å². The van der Waals surface area contributed by atoms with E-state index in [1.807, 2.05) is 49.9 Å². The molecule has 2 aromatic carbocycles. The highest BCUT2D eigenvalue weighted by molar-refractivity contribution is 6.40. The molecule has 0 radical (unpaired) electrons. The first kappa shape index (κ1) is 21.5. The molecule has 3 aliphatic heterocycles. The Morgan fingerprint density at radius 2 is 1.79 bits per heavy atom. The summed E-state index contributed by atoms with van der Waals surface area (Å²) in [7, 11) is 0. The van der Waals surface area contributed by atoms with Crippen LogP contribution >= 0.6 is 0 Å². The molecule has 0 saturated carbocycles. The van der Waals surface area contributed by atoms with E-state index in [0.717, 1.165) is 46.7 Å². The Morgan fingerprint density at radius 3 is 2.58 bits per heavy atom. The molecule has 3 aliphatic rings. The van der Waals surface area contributed by atoms with E-state index in [2.05, 4.69) is 11.2 Å². The van der Waals surface area contributed by atoms with Gasteiger partial charge in [0.2, 0.25) is 5.91 Å². The summed E-state index contributed by atoms with van der Waals surface area (Å²) >= 11 is 0. The van der Waals surface area contributed by atoms with Crippen LogP contribution in [0.25, 0.3) is 0 Å². The van der Waals surface area contributed by atoms with E-state index in [0.29, 0.717) is 31.9 Å². The third kappa shape index (κ3) is 3.96. The molecule has 1 unspecified atom stereocenters. The minimum Gasteiger partial charge on any atom is -0.490 e. The maximum Gasteiger partial charge on any atom is 0.270 e. The average molecular weight is 448 g/mol. The standard InChI is InChI=1S/C26H29N3O4/c1-16-5-6-17(2)22(13-16)29-25(30)8-7-21(27-29)26(31)28-10-9-19-14-23-24(15-20(19)18(28)3)33-12-4-11-32-23/h5-6,13-15,18H,4,7-12H2,1-3H3. The summed E-state index contributed by atoms with van der Waals surface area (Å²) in [5.74, 6) is 1.34. The molecular formula is C26H29N3O4. The molecule has 172 valence electrons. The maximum atomic E-state index is 13.6. The normalized spacial score (nSPS) is 20.2. The number of amides is 2. The third-order valence-electron chi connectivity index (χ3n) is 6.68. The predicted molar refractivity (Wildman–Crippen MR) is 126 cm³/mol. The van der Waals surface area contributed by atoms with Crippen LogP contribution in [-0.4, -0.2) is 42.2 Å². The van der Waals surface area contributed by atoms with Crippen molar-refractivity contribution in [2.24, 2.45) is 5.10 Å². The second kappa shape index (κ2) is 8.54. The Balaban J connectivity index is 1.43. The van der Waals surface area contributed by atoms with Gasteiger partial charge in [-0.3, -0.25) is 9.59 Å². The van der Waals surface area contributed by atoms with Gasteiger partial charge in [-0.25, -0.2) is 5.01 Å². The van der Waals surface area contributed by atoms with Crippen molar-refractivity contribution in [3.8, 4) is 11.5 Å². The van der Waals surface area contributed by atoms with Crippen LogP contribution in [0.15, 0.2) is 35.4 Å². The highest BCUT2D eigenvalue weighted by atomic mass is 16.5. The van der Waals surface area contributed by atoms with Crippen LogP contribution in [0.2, 0.25) is 0 Å². The average Bonchev–Trinajstić information content (AvgIpc) is 3.05. The summed E-state index contributed by atoms with van der Waals surface area (Å²) in [6.45, 7) is 7.85. The molecule has 2 aromatic rings. The SMILES string of the molecule is Cc1ccc(C)c(N2N=C(C(=O)N3CCc4cc5c(cc4C3C)OCCCO5)CCC2=O)c1. The lowest BCUT2D eigenvalue weighted by molar-refractivity contribution is -0.126. The quantitative estimate of drug-likeness (QED) is 0.695. The summed E-state index contributed by atoms with van der Waals surface area (Å²) in [6, 6.07) is 9.89. The van der Waals surface area contributed by atoms with Gasteiger partial charge in [-0.1, -0.05) is 12.1 Å². The minimum atomic E-state index is -0.118. The Labute approximate surface area is 194 Å². The van der Waals surface area contributed by atoms with E-state index in [-0.39, 0.29) is 24.3 Å². The van der Waals surface area contributed by atoms with Gasteiger partial charge in [-0.05, 0) is 67.6 Å². The summed E-state index contributed by atoms with van der Waals surface area (Å²) < 4.78 is 11.7. The van der Waals surface area contributed by atoms with Crippen LogP contribution in [0.1, 0.15) is 54.5 Å². The lowest BCUT2D eigenvalue weighted by Crippen LogP contribution is -2.45. The lowest BCUT2D eigenvalue weighted by atomic mass is 9.92. The molecule has 0 spiro atoms. The largest absolute Gasteiger partial charge is 0.490 e. The first-order chi connectivity index (χ1) is 15.9. The van der Waals surface area contributed by atoms with Crippen LogP contribution in [0.3, 0.4) is 0 Å². The van der Waals surface area contributed by atoms with Crippen LogP contribution in [-0.2, 0) is 16.0 Å². The first-order valence-electron chi connectivity index (χ1n) is 11.6. The zero-order valence-electron chi connectivity index (χ0n) is 19.4. The zero-order valence-corrected chi connectivity index (χ0v) is 19.4. The monoisotopic (exact) mass is 447 g/mol. The zero-order chi connectivity index (χ0) is 23.1. The molecule has 0 saturated heterocycles.